The van der Waals surface area contributed by atoms with Gasteiger partial charge in [-0.1, -0.05) is 6.92 Å². The third kappa shape index (κ3) is 3.88. The lowest BCUT2D eigenvalue weighted by atomic mass is 10.5. The number of nitrogens with one attached hydrogen (secondary N) is 2. The fourth-order valence-corrected chi connectivity index (χ4v) is 1.05. The van der Waals surface area contributed by atoms with Gasteiger partial charge in [0.25, 0.3) is 0 Å². The number of rotatable bonds is 6. The van der Waals surface area contributed by atoms with Crippen molar-refractivity contribution >= 4 is 11.9 Å². The predicted octanol–water partition coefficient (Wildman–Crippen LogP) is 1.52. The average molecular weight is 225 g/mol. The Kier molecular flexibility index (Phi) is 4.75. The third-order valence-corrected chi connectivity index (χ3v) is 1.71. The Balaban J connectivity index is 2.82. The van der Waals surface area contributed by atoms with Gasteiger partial charge in [0.05, 0.1) is 6.10 Å². The van der Waals surface area contributed by atoms with Gasteiger partial charge in [-0.3, -0.25) is 0 Å². The Morgan fingerprint density at radius 1 is 1.19 bits per heavy atom. The van der Waals surface area contributed by atoms with Crippen LogP contribution in [-0.4, -0.2) is 34.6 Å². The van der Waals surface area contributed by atoms with E-state index in [1.807, 2.05) is 13.8 Å². The van der Waals surface area contributed by atoms with Crippen LogP contribution in [0.1, 0.15) is 27.2 Å². The summed E-state index contributed by atoms with van der Waals surface area (Å²) in [6, 6.07) is 0.341. The highest BCUT2D eigenvalue weighted by Gasteiger charge is 2.07. The molecule has 0 aliphatic carbocycles. The van der Waals surface area contributed by atoms with E-state index in [2.05, 4.69) is 32.5 Å². The third-order valence-electron chi connectivity index (χ3n) is 1.71. The van der Waals surface area contributed by atoms with Crippen LogP contribution in [0.3, 0.4) is 0 Å². The van der Waals surface area contributed by atoms with Gasteiger partial charge in [-0.15, -0.1) is 0 Å². The molecule has 0 unspecified atom stereocenters. The first-order valence-corrected chi connectivity index (χ1v) is 5.50. The fourth-order valence-electron chi connectivity index (χ4n) is 1.05. The molecule has 0 saturated heterocycles. The first-order valence-electron chi connectivity index (χ1n) is 5.50. The highest BCUT2D eigenvalue weighted by molar-refractivity contribution is 5.35. The maximum Gasteiger partial charge on any atom is 0.323 e. The Labute approximate surface area is 95.9 Å². The van der Waals surface area contributed by atoms with Gasteiger partial charge in [-0.2, -0.15) is 15.0 Å². The molecule has 0 radical (unpaired) electrons. The zero-order valence-electron chi connectivity index (χ0n) is 10.2. The van der Waals surface area contributed by atoms with E-state index in [1.54, 1.807) is 7.05 Å². The van der Waals surface area contributed by atoms with Crippen LogP contribution < -0.4 is 15.4 Å². The molecule has 6 nitrogen and oxygen atoms in total. The van der Waals surface area contributed by atoms with Gasteiger partial charge >= 0.3 is 6.01 Å². The zero-order valence-corrected chi connectivity index (χ0v) is 10.2. The molecule has 0 saturated carbocycles. The zero-order chi connectivity index (χ0) is 12.0. The molecule has 0 aliphatic heterocycles. The maximum atomic E-state index is 5.44. The molecule has 6 heteroatoms. The molecule has 0 aromatic carbocycles. The molecule has 0 spiro atoms. The number of anilines is 2. The van der Waals surface area contributed by atoms with E-state index in [0.29, 0.717) is 17.9 Å². The summed E-state index contributed by atoms with van der Waals surface area (Å²) in [4.78, 5) is 12.4. The molecule has 1 rings (SSSR count). The molecule has 1 aromatic heterocycles. The van der Waals surface area contributed by atoms with E-state index in [-0.39, 0.29) is 6.10 Å². The summed E-state index contributed by atoms with van der Waals surface area (Å²) < 4.78 is 5.44. The minimum absolute atomic E-state index is 0.0473. The lowest BCUT2D eigenvalue weighted by Gasteiger charge is -2.10. The maximum absolute atomic E-state index is 5.44. The Hall–Kier alpha value is -1.59. The molecule has 1 heterocycles. The number of hydrogen-bond acceptors (Lipinski definition) is 6. The normalized spacial score (nSPS) is 10.3. The van der Waals surface area contributed by atoms with Crippen molar-refractivity contribution in [2.24, 2.45) is 0 Å². The van der Waals surface area contributed by atoms with Crippen molar-refractivity contribution < 1.29 is 4.74 Å². The summed E-state index contributed by atoms with van der Waals surface area (Å²) in [5.41, 5.74) is 0. The van der Waals surface area contributed by atoms with Crippen molar-refractivity contribution in [3.05, 3.63) is 0 Å². The van der Waals surface area contributed by atoms with Crippen LogP contribution in [0.15, 0.2) is 0 Å². The Morgan fingerprint density at radius 3 is 2.44 bits per heavy atom. The second-order valence-corrected chi connectivity index (χ2v) is 3.61. The molecular formula is C10H19N5O. The largest absolute Gasteiger partial charge is 0.461 e. The van der Waals surface area contributed by atoms with Crippen LogP contribution in [-0.2, 0) is 0 Å². The minimum Gasteiger partial charge on any atom is -0.461 e. The van der Waals surface area contributed by atoms with Crippen molar-refractivity contribution in [1.82, 2.24) is 15.0 Å². The van der Waals surface area contributed by atoms with E-state index < -0.39 is 0 Å². The number of hydrogen-bond donors (Lipinski definition) is 2. The van der Waals surface area contributed by atoms with E-state index in [0.717, 1.165) is 13.0 Å². The van der Waals surface area contributed by atoms with E-state index in [1.165, 1.54) is 0 Å². The lowest BCUT2D eigenvalue weighted by molar-refractivity contribution is 0.222. The van der Waals surface area contributed by atoms with Crippen molar-refractivity contribution in [2.45, 2.75) is 33.3 Å². The van der Waals surface area contributed by atoms with Crippen molar-refractivity contribution in [2.75, 3.05) is 24.2 Å². The van der Waals surface area contributed by atoms with Gasteiger partial charge in [-0.25, -0.2) is 0 Å². The van der Waals surface area contributed by atoms with Crippen LogP contribution in [0.25, 0.3) is 0 Å². The quantitative estimate of drug-likeness (QED) is 0.765. The van der Waals surface area contributed by atoms with Crippen LogP contribution in [0.4, 0.5) is 11.9 Å². The topological polar surface area (TPSA) is 72.0 Å². The number of ether oxygens (including phenoxy) is 1. The highest BCUT2D eigenvalue weighted by atomic mass is 16.5. The van der Waals surface area contributed by atoms with Gasteiger partial charge in [0, 0.05) is 13.6 Å². The van der Waals surface area contributed by atoms with Gasteiger partial charge in [0.15, 0.2) is 0 Å². The first-order chi connectivity index (χ1) is 7.65. The number of aromatic nitrogens is 3. The molecule has 1 aromatic rings. The molecule has 2 N–H and O–H groups in total. The molecule has 0 aliphatic rings. The first kappa shape index (κ1) is 12.5. The fraction of sp³-hybridized carbons (Fsp3) is 0.700. The van der Waals surface area contributed by atoms with Crippen molar-refractivity contribution in [3.8, 4) is 6.01 Å². The summed E-state index contributed by atoms with van der Waals surface area (Å²) in [6.07, 6.45) is 1.06. The second kappa shape index (κ2) is 6.09. The standard InChI is InChI=1S/C10H19N5O/c1-5-6-12-9-13-8(11-4)14-10(15-9)16-7(2)3/h7H,5-6H2,1-4H3,(H2,11,12,13,14,15). The van der Waals surface area contributed by atoms with E-state index in [9.17, 15) is 0 Å². The molecule has 0 amide bonds. The van der Waals surface area contributed by atoms with Crippen LogP contribution in [0.5, 0.6) is 6.01 Å². The SMILES string of the molecule is CCCNc1nc(NC)nc(OC(C)C)n1. The van der Waals surface area contributed by atoms with Gasteiger partial charge < -0.3 is 15.4 Å². The van der Waals surface area contributed by atoms with Gasteiger partial charge in [-0.05, 0) is 20.3 Å². The van der Waals surface area contributed by atoms with Gasteiger partial charge in [0.2, 0.25) is 11.9 Å². The smallest absolute Gasteiger partial charge is 0.323 e. The summed E-state index contributed by atoms with van der Waals surface area (Å²) in [5.74, 6) is 1.04. The van der Waals surface area contributed by atoms with Crippen LogP contribution in [0, 0.1) is 0 Å². The van der Waals surface area contributed by atoms with Gasteiger partial charge in [0.1, 0.15) is 0 Å². The van der Waals surface area contributed by atoms with Crippen LogP contribution in [0.2, 0.25) is 0 Å². The second-order valence-electron chi connectivity index (χ2n) is 3.61. The summed E-state index contributed by atoms with van der Waals surface area (Å²) in [7, 11) is 1.76. The molecule has 16 heavy (non-hydrogen) atoms. The van der Waals surface area contributed by atoms with E-state index in [4.69, 9.17) is 4.74 Å². The monoisotopic (exact) mass is 225 g/mol. The minimum atomic E-state index is 0.0473. The molecule has 90 valence electrons. The molecule has 0 fully saturated rings. The molecule has 0 bridgehead atoms. The van der Waals surface area contributed by atoms with Crippen LogP contribution >= 0.6 is 0 Å². The lowest BCUT2D eigenvalue weighted by Crippen LogP contribution is -2.13. The average Bonchev–Trinajstić information content (AvgIpc) is 2.25. The highest BCUT2D eigenvalue weighted by Crippen LogP contribution is 2.11. The molecule has 0 atom stereocenters. The number of nitrogens with zero attached hydrogens (tertiary/aromatic N) is 3. The van der Waals surface area contributed by atoms with Crippen molar-refractivity contribution in [3.63, 3.8) is 0 Å². The molecular weight excluding hydrogens is 206 g/mol. The predicted molar refractivity (Wildman–Crippen MR) is 63.9 cm³/mol. The summed E-state index contributed by atoms with van der Waals surface area (Å²) >= 11 is 0. The van der Waals surface area contributed by atoms with Crippen molar-refractivity contribution in [1.29, 1.82) is 0 Å². The summed E-state index contributed by atoms with van der Waals surface area (Å²) in [6.45, 7) is 6.77. The van der Waals surface area contributed by atoms with E-state index >= 15 is 0 Å². The Bertz CT molecular complexity index is 329. The summed E-state index contributed by atoms with van der Waals surface area (Å²) in [5, 5.41) is 5.98. The Morgan fingerprint density at radius 2 is 1.88 bits per heavy atom.